The van der Waals surface area contributed by atoms with Crippen molar-refractivity contribution in [2.45, 2.75) is 20.0 Å². The Labute approximate surface area is 146 Å². The van der Waals surface area contributed by atoms with Crippen LogP contribution in [0.3, 0.4) is 0 Å². The predicted molar refractivity (Wildman–Crippen MR) is 96.1 cm³/mol. The van der Waals surface area contributed by atoms with Crippen LogP contribution in [0, 0.1) is 12.3 Å². The average molecular weight is 337 g/mol. The third-order valence-corrected chi connectivity index (χ3v) is 3.12. The highest BCUT2D eigenvalue weighted by Crippen LogP contribution is 2.08. The number of benzene rings is 1. The van der Waals surface area contributed by atoms with Gasteiger partial charge in [-0.2, -0.15) is 0 Å². The summed E-state index contributed by atoms with van der Waals surface area (Å²) < 4.78 is 4.90. The Hall–Kier alpha value is -3.33. The van der Waals surface area contributed by atoms with Gasteiger partial charge in [0.25, 0.3) is 0 Å². The number of nitrogens with one attached hydrogen (secondary N) is 1. The fourth-order valence-electron chi connectivity index (χ4n) is 1.90. The van der Waals surface area contributed by atoms with Crippen LogP contribution in [0.25, 0.3) is 0 Å². The number of carbonyl (C=O) groups is 1. The van der Waals surface area contributed by atoms with Gasteiger partial charge in [-0.1, -0.05) is 41.6 Å². The van der Waals surface area contributed by atoms with Crippen molar-refractivity contribution in [2.24, 2.45) is 5.16 Å². The van der Waals surface area contributed by atoms with E-state index in [1.165, 1.54) is 0 Å². The molecule has 2 aromatic rings. The van der Waals surface area contributed by atoms with Gasteiger partial charge in [-0.25, -0.2) is 9.78 Å². The summed E-state index contributed by atoms with van der Waals surface area (Å²) in [4.78, 5) is 21.2. The summed E-state index contributed by atoms with van der Waals surface area (Å²) >= 11 is 0. The molecule has 0 fully saturated rings. The van der Waals surface area contributed by atoms with Crippen LogP contribution >= 0.6 is 0 Å². The van der Waals surface area contributed by atoms with E-state index in [-0.39, 0.29) is 13.2 Å². The molecule has 0 atom stereocenters. The van der Waals surface area contributed by atoms with Crippen molar-refractivity contribution in [1.82, 2.24) is 4.98 Å². The quantitative estimate of drug-likeness (QED) is 0.363. The number of terminal acetylenes is 1. The highest BCUT2D eigenvalue weighted by molar-refractivity contribution is 5.98. The Morgan fingerprint density at radius 2 is 2.04 bits per heavy atom. The first kappa shape index (κ1) is 18.0. The molecular weight excluding hydrogens is 318 g/mol. The van der Waals surface area contributed by atoms with E-state index >= 15 is 0 Å². The number of carbonyl (C=O) groups excluding carboxylic acids is 1. The number of amides is 1. The van der Waals surface area contributed by atoms with Crippen molar-refractivity contribution in [2.75, 3.05) is 11.9 Å². The molecule has 1 N–H and O–H groups in total. The lowest BCUT2D eigenvalue weighted by atomic mass is 10.1. The highest BCUT2D eigenvalue weighted by Gasteiger charge is 2.05. The number of hydrogen-bond donors (Lipinski definition) is 1. The second kappa shape index (κ2) is 9.73. The smallest absolute Gasteiger partial charge is 0.412 e. The van der Waals surface area contributed by atoms with E-state index in [1.807, 2.05) is 37.3 Å². The van der Waals surface area contributed by atoms with Gasteiger partial charge in [0.2, 0.25) is 0 Å². The summed E-state index contributed by atoms with van der Waals surface area (Å²) in [7, 11) is 0. The number of anilines is 1. The van der Waals surface area contributed by atoms with E-state index in [0.717, 1.165) is 11.3 Å². The Kier molecular flexibility index (Phi) is 7.01. The standard InChI is InChI=1S/C19H19N3O3/c1-3-4-13-24-19(23)21-18-12-8-11-17(20-18)14-25-22-15(2)16-9-6-5-7-10-16/h1,5-12H,4,13-14H2,2H3,(H,20,21,23)/b22-15-. The van der Waals surface area contributed by atoms with Gasteiger partial charge in [-0.05, 0) is 24.6 Å². The second-order valence-electron chi connectivity index (χ2n) is 5.05. The van der Waals surface area contributed by atoms with E-state index in [2.05, 4.69) is 21.4 Å². The molecule has 0 bridgehead atoms. The van der Waals surface area contributed by atoms with Crippen LogP contribution in [0.1, 0.15) is 24.6 Å². The van der Waals surface area contributed by atoms with Gasteiger partial charge in [-0.3, -0.25) is 5.32 Å². The predicted octanol–water partition coefficient (Wildman–Crippen LogP) is 3.59. The Balaban J connectivity index is 1.87. The SMILES string of the molecule is C#CCCOC(=O)Nc1cccc(CO/N=C(/C)c2ccccc2)n1. The van der Waals surface area contributed by atoms with E-state index in [4.69, 9.17) is 16.0 Å². The minimum absolute atomic E-state index is 0.165. The molecule has 0 aliphatic carbocycles. The van der Waals surface area contributed by atoms with Crippen molar-refractivity contribution in [3.8, 4) is 12.3 Å². The molecular formula is C19H19N3O3. The highest BCUT2D eigenvalue weighted by atomic mass is 16.6. The average Bonchev–Trinajstić information content (AvgIpc) is 2.63. The Morgan fingerprint density at radius 3 is 2.80 bits per heavy atom. The van der Waals surface area contributed by atoms with Gasteiger partial charge in [0.15, 0.2) is 6.61 Å². The maximum atomic E-state index is 11.6. The number of oxime groups is 1. The van der Waals surface area contributed by atoms with E-state index < -0.39 is 6.09 Å². The normalized spacial score (nSPS) is 10.6. The van der Waals surface area contributed by atoms with Gasteiger partial charge < -0.3 is 9.57 Å². The number of rotatable bonds is 7. The van der Waals surface area contributed by atoms with Crippen LogP contribution in [0.4, 0.5) is 10.6 Å². The number of pyridine rings is 1. The molecule has 1 amide bonds. The molecule has 1 aromatic heterocycles. The first-order chi connectivity index (χ1) is 12.2. The number of ether oxygens (including phenoxy) is 1. The van der Waals surface area contributed by atoms with Crippen LogP contribution in [0.2, 0.25) is 0 Å². The van der Waals surface area contributed by atoms with Crippen molar-refractivity contribution in [3.63, 3.8) is 0 Å². The van der Waals surface area contributed by atoms with Gasteiger partial charge in [0, 0.05) is 6.42 Å². The van der Waals surface area contributed by atoms with Gasteiger partial charge in [0.05, 0.1) is 11.4 Å². The lowest BCUT2D eigenvalue weighted by Gasteiger charge is -2.07. The molecule has 0 aliphatic heterocycles. The monoisotopic (exact) mass is 337 g/mol. The maximum Gasteiger partial charge on any atom is 0.412 e. The van der Waals surface area contributed by atoms with Crippen LogP contribution < -0.4 is 5.32 Å². The summed E-state index contributed by atoms with van der Waals surface area (Å²) in [6, 6.07) is 14.9. The zero-order valence-corrected chi connectivity index (χ0v) is 13.9. The van der Waals surface area contributed by atoms with Crippen molar-refractivity contribution >= 4 is 17.6 Å². The summed E-state index contributed by atoms with van der Waals surface area (Å²) in [6.45, 7) is 2.22. The third-order valence-electron chi connectivity index (χ3n) is 3.12. The number of hydrogen-bond acceptors (Lipinski definition) is 5. The summed E-state index contributed by atoms with van der Waals surface area (Å²) in [5, 5.41) is 6.61. The van der Waals surface area contributed by atoms with Crippen molar-refractivity contribution < 1.29 is 14.4 Å². The third kappa shape index (κ3) is 6.36. The number of nitrogens with zero attached hydrogens (tertiary/aromatic N) is 2. The maximum absolute atomic E-state index is 11.6. The molecule has 0 unspecified atom stereocenters. The molecule has 1 aromatic carbocycles. The summed E-state index contributed by atoms with van der Waals surface area (Å²) in [5.41, 5.74) is 2.39. The molecule has 0 spiro atoms. The second-order valence-corrected chi connectivity index (χ2v) is 5.05. The Morgan fingerprint density at radius 1 is 1.24 bits per heavy atom. The lowest BCUT2D eigenvalue weighted by Crippen LogP contribution is -2.15. The van der Waals surface area contributed by atoms with Crippen LogP contribution in [-0.2, 0) is 16.2 Å². The summed E-state index contributed by atoms with van der Waals surface area (Å²) in [5.74, 6) is 2.76. The molecule has 0 saturated carbocycles. The molecule has 1 heterocycles. The molecule has 0 radical (unpaired) electrons. The van der Waals surface area contributed by atoms with Gasteiger partial charge >= 0.3 is 6.09 Å². The first-order valence-corrected chi connectivity index (χ1v) is 7.74. The fourth-order valence-corrected chi connectivity index (χ4v) is 1.90. The zero-order valence-electron chi connectivity index (χ0n) is 13.9. The molecule has 128 valence electrons. The molecule has 0 saturated heterocycles. The minimum atomic E-state index is -0.598. The Bertz CT molecular complexity index is 767. The molecule has 0 aliphatic rings. The van der Waals surface area contributed by atoms with Crippen LogP contribution in [0.15, 0.2) is 53.7 Å². The fraction of sp³-hybridized carbons (Fsp3) is 0.211. The van der Waals surface area contributed by atoms with Crippen molar-refractivity contribution in [3.05, 3.63) is 59.8 Å². The van der Waals surface area contributed by atoms with Gasteiger partial charge in [-0.15, -0.1) is 12.3 Å². The zero-order chi connectivity index (χ0) is 17.9. The van der Waals surface area contributed by atoms with Crippen LogP contribution in [0.5, 0.6) is 0 Å². The lowest BCUT2D eigenvalue weighted by molar-refractivity contribution is 0.128. The molecule has 2 rings (SSSR count). The molecule has 6 heteroatoms. The molecule has 25 heavy (non-hydrogen) atoms. The van der Waals surface area contributed by atoms with E-state index in [0.29, 0.717) is 17.9 Å². The molecule has 6 nitrogen and oxygen atoms in total. The van der Waals surface area contributed by atoms with Gasteiger partial charge in [0.1, 0.15) is 12.4 Å². The largest absolute Gasteiger partial charge is 0.448 e. The first-order valence-electron chi connectivity index (χ1n) is 7.74. The van der Waals surface area contributed by atoms with Crippen molar-refractivity contribution in [1.29, 1.82) is 0 Å². The van der Waals surface area contributed by atoms with E-state index in [9.17, 15) is 4.79 Å². The topological polar surface area (TPSA) is 72.8 Å². The summed E-state index contributed by atoms with van der Waals surface area (Å²) in [6.07, 6.45) is 4.86. The van der Waals surface area contributed by atoms with Crippen LogP contribution in [-0.4, -0.2) is 23.4 Å². The number of aromatic nitrogens is 1. The van der Waals surface area contributed by atoms with E-state index in [1.54, 1.807) is 18.2 Å². The minimum Gasteiger partial charge on any atom is -0.448 e.